The van der Waals surface area contributed by atoms with Crippen molar-refractivity contribution in [1.82, 2.24) is 20.2 Å². The molecule has 1 aliphatic carbocycles. The van der Waals surface area contributed by atoms with Crippen LogP contribution in [0.5, 0.6) is 0 Å². The summed E-state index contributed by atoms with van der Waals surface area (Å²) in [6.45, 7) is 0. The Balaban J connectivity index is 1.95. The summed E-state index contributed by atoms with van der Waals surface area (Å²) in [7, 11) is 0. The van der Waals surface area contributed by atoms with Gasteiger partial charge in [0, 0.05) is 16.6 Å². The molecule has 0 spiro atoms. The zero-order chi connectivity index (χ0) is 12.8. The van der Waals surface area contributed by atoms with Gasteiger partial charge in [0.1, 0.15) is 10.8 Å². The van der Waals surface area contributed by atoms with E-state index in [0.717, 1.165) is 47.1 Å². The quantitative estimate of drug-likeness (QED) is 0.691. The maximum Gasteiger partial charge on any atom is 0.182 e. The molecule has 0 saturated carbocycles. The SMILES string of the molecule is Clc1nc(-c2n[nH]c3ccccc23)nc2c1CCC2. The van der Waals surface area contributed by atoms with Gasteiger partial charge in [-0.3, -0.25) is 5.10 Å². The number of nitrogens with zero attached hydrogens (tertiary/aromatic N) is 3. The number of rotatable bonds is 1. The first kappa shape index (κ1) is 10.9. The van der Waals surface area contributed by atoms with Crippen LogP contribution in [0.1, 0.15) is 17.7 Å². The molecule has 0 aliphatic heterocycles. The van der Waals surface area contributed by atoms with E-state index in [1.165, 1.54) is 0 Å². The minimum absolute atomic E-state index is 0.574. The highest BCUT2D eigenvalue weighted by Gasteiger charge is 2.20. The van der Waals surface area contributed by atoms with Crippen molar-refractivity contribution in [3.63, 3.8) is 0 Å². The number of aryl methyl sites for hydroxylation is 1. The zero-order valence-electron chi connectivity index (χ0n) is 10.2. The molecule has 2 heterocycles. The Morgan fingerprint density at radius 3 is 2.95 bits per heavy atom. The van der Waals surface area contributed by atoms with Gasteiger partial charge in [0.05, 0.1) is 5.52 Å². The van der Waals surface area contributed by atoms with Crippen LogP contribution in [0.3, 0.4) is 0 Å². The second kappa shape index (κ2) is 4.03. The minimum Gasteiger partial charge on any atom is -0.277 e. The Bertz CT molecular complexity index is 778. The Morgan fingerprint density at radius 2 is 2.00 bits per heavy atom. The van der Waals surface area contributed by atoms with E-state index in [0.29, 0.717) is 11.0 Å². The summed E-state index contributed by atoms with van der Waals surface area (Å²) >= 11 is 6.25. The van der Waals surface area contributed by atoms with Crippen molar-refractivity contribution in [3.8, 4) is 11.5 Å². The highest BCUT2D eigenvalue weighted by Crippen LogP contribution is 2.30. The molecule has 5 heteroatoms. The molecular formula is C14H11ClN4. The molecule has 4 nitrogen and oxygen atoms in total. The fourth-order valence-electron chi connectivity index (χ4n) is 2.63. The Morgan fingerprint density at radius 1 is 1.11 bits per heavy atom. The van der Waals surface area contributed by atoms with Gasteiger partial charge in [-0.2, -0.15) is 5.10 Å². The monoisotopic (exact) mass is 270 g/mol. The third kappa shape index (κ3) is 1.64. The van der Waals surface area contributed by atoms with Gasteiger partial charge in [0.2, 0.25) is 0 Å². The summed E-state index contributed by atoms with van der Waals surface area (Å²) in [6, 6.07) is 7.95. The maximum atomic E-state index is 6.25. The normalized spacial score (nSPS) is 13.9. The highest BCUT2D eigenvalue weighted by molar-refractivity contribution is 6.30. The first-order chi connectivity index (χ1) is 9.33. The fraction of sp³-hybridized carbons (Fsp3) is 0.214. The predicted octanol–water partition coefficient (Wildman–Crippen LogP) is 3.16. The Kier molecular flexibility index (Phi) is 2.32. The third-order valence-corrected chi connectivity index (χ3v) is 3.88. The van der Waals surface area contributed by atoms with Crippen LogP contribution in [-0.2, 0) is 12.8 Å². The van der Waals surface area contributed by atoms with Crippen LogP contribution in [-0.4, -0.2) is 20.2 Å². The standard InChI is InChI=1S/C14H11ClN4/c15-13-9-5-3-7-10(9)16-14(17-13)12-8-4-1-2-6-11(8)18-19-12/h1-2,4,6H,3,5,7H2,(H,18,19). The summed E-state index contributed by atoms with van der Waals surface area (Å²) < 4.78 is 0. The molecule has 94 valence electrons. The first-order valence-electron chi connectivity index (χ1n) is 6.32. The maximum absolute atomic E-state index is 6.25. The summed E-state index contributed by atoms with van der Waals surface area (Å²) in [5.41, 5.74) is 3.93. The van der Waals surface area contributed by atoms with Crippen molar-refractivity contribution >= 4 is 22.5 Å². The lowest BCUT2D eigenvalue weighted by molar-refractivity contribution is 0.899. The van der Waals surface area contributed by atoms with E-state index in [9.17, 15) is 0 Å². The van der Waals surface area contributed by atoms with Gasteiger partial charge in [-0.1, -0.05) is 29.8 Å². The van der Waals surface area contributed by atoms with E-state index in [2.05, 4.69) is 20.2 Å². The number of benzene rings is 1. The van der Waals surface area contributed by atoms with Crippen LogP contribution in [0.25, 0.3) is 22.4 Å². The topological polar surface area (TPSA) is 54.5 Å². The smallest absolute Gasteiger partial charge is 0.182 e. The number of hydrogen-bond acceptors (Lipinski definition) is 3. The lowest BCUT2D eigenvalue weighted by atomic mass is 10.2. The van der Waals surface area contributed by atoms with Gasteiger partial charge in [0.15, 0.2) is 5.82 Å². The van der Waals surface area contributed by atoms with E-state index in [-0.39, 0.29) is 0 Å². The van der Waals surface area contributed by atoms with E-state index in [4.69, 9.17) is 11.6 Å². The van der Waals surface area contributed by atoms with E-state index in [1.54, 1.807) is 0 Å². The van der Waals surface area contributed by atoms with Crippen molar-refractivity contribution < 1.29 is 0 Å². The number of fused-ring (bicyclic) bond motifs is 2. The van der Waals surface area contributed by atoms with E-state index in [1.807, 2.05) is 24.3 Å². The number of aromatic amines is 1. The van der Waals surface area contributed by atoms with Crippen molar-refractivity contribution in [2.45, 2.75) is 19.3 Å². The Labute approximate surface area is 114 Å². The van der Waals surface area contributed by atoms with E-state index >= 15 is 0 Å². The van der Waals surface area contributed by atoms with Gasteiger partial charge in [-0.05, 0) is 25.3 Å². The fourth-order valence-corrected chi connectivity index (χ4v) is 2.91. The van der Waals surface area contributed by atoms with Crippen molar-refractivity contribution in [2.24, 2.45) is 0 Å². The van der Waals surface area contributed by atoms with Gasteiger partial charge in [-0.15, -0.1) is 0 Å². The molecule has 2 aromatic heterocycles. The second-order valence-corrected chi connectivity index (χ2v) is 5.09. The molecule has 0 radical (unpaired) electrons. The number of nitrogens with one attached hydrogen (secondary N) is 1. The average molecular weight is 271 g/mol. The lowest BCUT2D eigenvalue weighted by Gasteiger charge is -2.03. The molecule has 0 atom stereocenters. The average Bonchev–Trinajstić information content (AvgIpc) is 3.04. The third-order valence-electron chi connectivity index (χ3n) is 3.56. The summed E-state index contributed by atoms with van der Waals surface area (Å²) in [6.07, 6.45) is 3.07. The zero-order valence-corrected chi connectivity index (χ0v) is 10.9. The van der Waals surface area contributed by atoms with Gasteiger partial charge in [0.25, 0.3) is 0 Å². The van der Waals surface area contributed by atoms with Crippen LogP contribution in [0, 0.1) is 0 Å². The summed E-state index contributed by atoms with van der Waals surface area (Å²) in [5, 5.41) is 8.92. The minimum atomic E-state index is 0.574. The molecule has 0 fully saturated rings. The number of aromatic nitrogens is 4. The number of H-pyrrole nitrogens is 1. The van der Waals surface area contributed by atoms with Crippen LogP contribution in [0.4, 0.5) is 0 Å². The molecule has 1 aliphatic rings. The van der Waals surface area contributed by atoms with Crippen LogP contribution < -0.4 is 0 Å². The van der Waals surface area contributed by atoms with Crippen molar-refractivity contribution in [3.05, 3.63) is 40.7 Å². The van der Waals surface area contributed by atoms with Gasteiger partial charge in [-0.25, -0.2) is 9.97 Å². The summed E-state index contributed by atoms with van der Waals surface area (Å²) in [4.78, 5) is 9.04. The Hall–Kier alpha value is -1.94. The van der Waals surface area contributed by atoms with Gasteiger partial charge >= 0.3 is 0 Å². The molecule has 1 N–H and O–H groups in total. The summed E-state index contributed by atoms with van der Waals surface area (Å²) in [5.74, 6) is 0.614. The molecule has 0 unspecified atom stereocenters. The molecule has 4 rings (SSSR count). The molecule has 0 amide bonds. The van der Waals surface area contributed by atoms with Gasteiger partial charge < -0.3 is 0 Å². The van der Waals surface area contributed by atoms with E-state index < -0.39 is 0 Å². The second-order valence-electron chi connectivity index (χ2n) is 4.73. The van der Waals surface area contributed by atoms with Crippen LogP contribution in [0.2, 0.25) is 5.15 Å². The number of hydrogen-bond donors (Lipinski definition) is 1. The molecule has 19 heavy (non-hydrogen) atoms. The number of para-hydroxylation sites is 1. The van der Waals surface area contributed by atoms with Crippen LogP contribution in [0.15, 0.2) is 24.3 Å². The first-order valence-corrected chi connectivity index (χ1v) is 6.69. The number of halogens is 1. The van der Waals surface area contributed by atoms with Crippen molar-refractivity contribution in [2.75, 3.05) is 0 Å². The molecular weight excluding hydrogens is 260 g/mol. The molecule has 0 saturated heterocycles. The molecule has 1 aromatic carbocycles. The molecule has 3 aromatic rings. The van der Waals surface area contributed by atoms with Crippen LogP contribution >= 0.6 is 11.6 Å². The lowest BCUT2D eigenvalue weighted by Crippen LogP contribution is -1.97. The predicted molar refractivity (Wildman–Crippen MR) is 74.2 cm³/mol. The highest BCUT2D eigenvalue weighted by atomic mass is 35.5. The van der Waals surface area contributed by atoms with Crippen molar-refractivity contribution in [1.29, 1.82) is 0 Å². The molecule has 0 bridgehead atoms. The largest absolute Gasteiger partial charge is 0.277 e.